The molecule has 0 aromatic heterocycles. The highest BCUT2D eigenvalue weighted by Crippen LogP contribution is 2.20. The maximum atomic E-state index is 10.9. The van der Waals surface area contributed by atoms with E-state index in [0.29, 0.717) is 0 Å². The highest BCUT2D eigenvalue weighted by molar-refractivity contribution is 5.66. The standard InChI is InChI=1S/C13H22O2/c1-6-13(5,15-12(4)14)10-8-7-9-11(2)3/h6,9H,1,7-8,10H2,2-5H3. The van der Waals surface area contributed by atoms with Gasteiger partial charge in [-0.3, -0.25) is 4.79 Å². The molecule has 0 aromatic rings. The van der Waals surface area contributed by atoms with Crippen LogP contribution in [0.15, 0.2) is 24.3 Å². The van der Waals surface area contributed by atoms with Crippen LogP contribution in [0.25, 0.3) is 0 Å². The van der Waals surface area contributed by atoms with Gasteiger partial charge in [-0.25, -0.2) is 0 Å². The van der Waals surface area contributed by atoms with E-state index in [1.165, 1.54) is 12.5 Å². The molecule has 0 aromatic carbocycles. The quantitative estimate of drug-likeness (QED) is 0.380. The molecule has 0 bridgehead atoms. The van der Waals surface area contributed by atoms with Crippen molar-refractivity contribution in [1.82, 2.24) is 0 Å². The Kier molecular flexibility index (Phi) is 5.99. The van der Waals surface area contributed by atoms with Crippen LogP contribution in [0.3, 0.4) is 0 Å². The van der Waals surface area contributed by atoms with Gasteiger partial charge in [-0.1, -0.05) is 18.2 Å². The first-order valence-corrected chi connectivity index (χ1v) is 5.36. The summed E-state index contributed by atoms with van der Waals surface area (Å²) >= 11 is 0. The molecular weight excluding hydrogens is 188 g/mol. The molecular formula is C13H22O2. The Balaban J connectivity index is 4.04. The summed E-state index contributed by atoms with van der Waals surface area (Å²) in [5.74, 6) is -0.250. The van der Waals surface area contributed by atoms with Gasteiger partial charge in [0.05, 0.1) is 0 Å². The summed E-state index contributed by atoms with van der Waals surface area (Å²) in [7, 11) is 0. The lowest BCUT2D eigenvalue weighted by Gasteiger charge is -2.25. The molecule has 2 nitrogen and oxygen atoms in total. The normalized spacial score (nSPS) is 13.9. The lowest BCUT2D eigenvalue weighted by Crippen LogP contribution is -2.28. The molecule has 86 valence electrons. The van der Waals surface area contributed by atoms with Gasteiger partial charge in [0, 0.05) is 6.92 Å². The van der Waals surface area contributed by atoms with Crippen LogP contribution in [0.1, 0.15) is 47.0 Å². The van der Waals surface area contributed by atoms with Crippen LogP contribution in [0.2, 0.25) is 0 Å². The average Bonchev–Trinajstić information content (AvgIpc) is 2.11. The van der Waals surface area contributed by atoms with Crippen LogP contribution in [-0.4, -0.2) is 11.6 Å². The largest absolute Gasteiger partial charge is 0.455 e. The minimum Gasteiger partial charge on any atom is -0.455 e. The average molecular weight is 210 g/mol. The predicted octanol–water partition coefficient (Wildman–Crippen LogP) is 3.63. The molecule has 15 heavy (non-hydrogen) atoms. The molecule has 0 aliphatic carbocycles. The van der Waals surface area contributed by atoms with Crippen molar-refractivity contribution in [2.45, 2.75) is 52.6 Å². The fourth-order valence-corrected chi connectivity index (χ4v) is 1.37. The minimum absolute atomic E-state index is 0.250. The van der Waals surface area contributed by atoms with Crippen molar-refractivity contribution in [2.75, 3.05) is 0 Å². The van der Waals surface area contributed by atoms with Crippen molar-refractivity contribution in [3.63, 3.8) is 0 Å². The second-order valence-corrected chi connectivity index (χ2v) is 4.28. The number of unbranched alkanes of at least 4 members (excludes halogenated alkanes) is 1. The van der Waals surface area contributed by atoms with Crippen LogP contribution >= 0.6 is 0 Å². The summed E-state index contributed by atoms with van der Waals surface area (Å²) in [6.45, 7) is 11.2. The molecule has 0 radical (unpaired) electrons. The molecule has 0 amide bonds. The Labute approximate surface area is 93.0 Å². The molecule has 0 saturated carbocycles. The fraction of sp³-hybridized carbons (Fsp3) is 0.615. The third-order valence-electron chi connectivity index (χ3n) is 2.24. The summed E-state index contributed by atoms with van der Waals surface area (Å²) < 4.78 is 5.22. The van der Waals surface area contributed by atoms with Gasteiger partial charge in [-0.15, -0.1) is 0 Å². The van der Waals surface area contributed by atoms with Crippen LogP contribution < -0.4 is 0 Å². The van der Waals surface area contributed by atoms with Gasteiger partial charge < -0.3 is 4.74 Å². The Morgan fingerprint density at radius 2 is 2.00 bits per heavy atom. The van der Waals surface area contributed by atoms with Gasteiger partial charge in [0.2, 0.25) is 0 Å². The topological polar surface area (TPSA) is 26.3 Å². The Morgan fingerprint density at radius 3 is 2.40 bits per heavy atom. The lowest BCUT2D eigenvalue weighted by atomic mass is 9.98. The van der Waals surface area contributed by atoms with Crippen molar-refractivity contribution < 1.29 is 9.53 Å². The zero-order valence-corrected chi connectivity index (χ0v) is 10.3. The summed E-state index contributed by atoms with van der Waals surface area (Å²) in [5.41, 5.74) is 0.809. The van der Waals surface area contributed by atoms with E-state index in [-0.39, 0.29) is 5.97 Å². The SMILES string of the molecule is C=CC(C)(CCCC=C(C)C)OC(C)=O. The van der Waals surface area contributed by atoms with Crippen molar-refractivity contribution in [2.24, 2.45) is 0 Å². The van der Waals surface area contributed by atoms with E-state index in [1.54, 1.807) is 6.08 Å². The molecule has 0 rings (SSSR count). The van der Waals surface area contributed by atoms with Gasteiger partial charge in [-0.2, -0.15) is 0 Å². The van der Waals surface area contributed by atoms with Gasteiger partial charge >= 0.3 is 5.97 Å². The maximum absolute atomic E-state index is 10.9. The summed E-state index contributed by atoms with van der Waals surface area (Å²) in [4.78, 5) is 10.9. The Morgan fingerprint density at radius 1 is 1.40 bits per heavy atom. The highest BCUT2D eigenvalue weighted by atomic mass is 16.6. The second kappa shape index (κ2) is 6.44. The number of carbonyl (C=O) groups is 1. The number of hydrogen-bond donors (Lipinski definition) is 0. The Bertz CT molecular complexity index is 249. The summed E-state index contributed by atoms with van der Waals surface area (Å²) in [6.07, 6.45) is 6.74. The first-order valence-electron chi connectivity index (χ1n) is 5.36. The summed E-state index contributed by atoms with van der Waals surface area (Å²) in [6, 6.07) is 0. The molecule has 0 spiro atoms. The molecule has 0 aliphatic heterocycles. The molecule has 1 unspecified atom stereocenters. The number of hydrogen-bond acceptors (Lipinski definition) is 2. The zero-order valence-electron chi connectivity index (χ0n) is 10.3. The third kappa shape index (κ3) is 6.95. The van der Waals surface area contributed by atoms with Gasteiger partial charge in [0.15, 0.2) is 0 Å². The van der Waals surface area contributed by atoms with Gasteiger partial charge in [0.25, 0.3) is 0 Å². The van der Waals surface area contributed by atoms with E-state index in [2.05, 4.69) is 26.5 Å². The zero-order chi connectivity index (χ0) is 11.9. The van der Waals surface area contributed by atoms with E-state index in [0.717, 1.165) is 19.3 Å². The van der Waals surface area contributed by atoms with E-state index in [1.807, 2.05) is 6.92 Å². The number of rotatable bonds is 6. The lowest BCUT2D eigenvalue weighted by molar-refractivity contribution is -0.151. The molecule has 0 heterocycles. The number of carbonyl (C=O) groups excluding carboxylic acids is 1. The predicted molar refractivity (Wildman–Crippen MR) is 63.7 cm³/mol. The molecule has 0 aliphatic rings. The van der Waals surface area contributed by atoms with Crippen LogP contribution in [0.5, 0.6) is 0 Å². The van der Waals surface area contributed by atoms with Crippen molar-refractivity contribution in [3.05, 3.63) is 24.3 Å². The Hall–Kier alpha value is -1.05. The smallest absolute Gasteiger partial charge is 0.303 e. The first kappa shape index (κ1) is 13.9. The maximum Gasteiger partial charge on any atom is 0.303 e. The van der Waals surface area contributed by atoms with Gasteiger partial charge in [-0.05, 0) is 46.1 Å². The fourth-order valence-electron chi connectivity index (χ4n) is 1.37. The van der Waals surface area contributed by atoms with Crippen molar-refractivity contribution in [1.29, 1.82) is 0 Å². The number of allylic oxidation sites excluding steroid dienone is 2. The van der Waals surface area contributed by atoms with E-state index in [9.17, 15) is 4.79 Å². The number of esters is 1. The minimum atomic E-state index is -0.513. The van der Waals surface area contributed by atoms with E-state index < -0.39 is 5.60 Å². The highest BCUT2D eigenvalue weighted by Gasteiger charge is 2.22. The van der Waals surface area contributed by atoms with Crippen molar-refractivity contribution in [3.8, 4) is 0 Å². The first-order chi connectivity index (χ1) is 6.89. The molecule has 0 fully saturated rings. The summed E-state index contributed by atoms with van der Waals surface area (Å²) in [5, 5.41) is 0. The van der Waals surface area contributed by atoms with Crippen LogP contribution in [0, 0.1) is 0 Å². The van der Waals surface area contributed by atoms with Crippen molar-refractivity contribution >= 4 is 5.97 Å². The molecule has 0 saturated heterocycles. The van der Waals surface area contributed by atoms with Crippen LogP contribution in [0.4, 0.5) is 0 Å². The van der Waals surface area contributed by atoms with Crippen LogP contribution in [-0.2, 0) is 9.53 Å². The molecule has 1 atom stereocenters. The van der Waals surface area contributed by atoms with E-state index in [4.69, 9.17) is 4.74 Å². The molecule has 2 heteroatoms. The third-order valence-corrected chi connectivity index (χ3v) is 2.24. The second-order valence-electron chi connectivity index (χ2n) is 4.28. The molecule has 0 N–H and O–H groups in total. The monoisotopic (exact) mass is 210 g/mol. The number of ether oxygens (including phenoxy) is 1. The van der Waals surface area contributed by atoms with Gasteiger partial charge in [0.1, 0.15) is 5.60 Å². The van der Waals surface area contributed by atoms with E-state index >= 15 is 0 Å².